The number of carbonyl (C=O) groups is 1. The van der Waals surface area contributed by atoms with Crippen molar-refractivity contribution in [2.45, 2.75) is 19.9 Å². The van der Waals surface area contributed by atoms with Crippen LogP contribution in [0.5, 0.6) is 0 Å². The molecule has 0 amide bonds. The second kappa shape index (κ2) is 9.87. The van der Waals surface area contributed by atoms with Gasteiger partial charge in [0.15, 0.2) is 10.7 Å². The largest absolute Gasteiger partial charge is 0.463 e. The maximum Gasteiger partial charge on any atom is 0.338 e. The lowest BCUT2D eigenvalue weighted by molar-refractivity contribution is -0.880. The maximum atomic E-state index is 13.7. The number of thiazole rings is 1. The van der Waals surface area contributed by atoms with Crippen molar-refractivity contribution >= 4 is 29.3 Å². The van der Waals surface area contributed by atoms with Crippen molar-refractivity contribution in [3.63, 3.8) is 0 Å². The number of quaternary nitrogens is 1. The first kappa shape index (κ1) is 24.2. The monoisotopic (exact) mass is 511 g/mol. The van der Waals surface area contributed by atoms with Crippen molar-refractivity contribution in [1.82, 2.24) is 4.57 Å². The van der Waals surface area contributed by atoms with E-state index in [4.69, 9.17) is 9.15 Å². The summed E-state index contributed by atoms with van der Waals surface area (Å²) >= 11 is 1.23. The fourth-order valence-electron chi connectivity index (χ4n) is 4.58. The molecule has 0 radical (unpaired) electrons. The summed E-state index contributed by atoms with van der Waals surface area (Å²) in [4.78, 5) is 35.2. The normalized spacial score (nSPS) is 18.8. The second-order valence-electron chi connectivity index (χ2n) is 8.97. The molecule has 2 aromatic heterocycles. The SMILES string of the molecule is CCOC(=O)C1=C(C)N=c2s/c(=C\c3ccc(N4CC[NH+](C)CC4)o3)c(=O)n2[C@@H]1c1ccc(F)cc1. The van der Waals surface area contributed by atoms with Gasteiger partial charge in [0, 0.05) is 12.1 Å². The fourth-order valence-corrected chi connectivity index (χ4v) is 5.61. The number of nitrogens with one attached hydrogen (secondary N) is 1. The van der Waals surface area contributed by atoms with Gasteiger partial charge in [0.1, 0.15) is 11.6 Å². The summed E-state index contributed by atoms with van der Waals surface area (Å²) < 4.78 is 26.9. The standard InChI is InChI=1S/C26H27FN4O4S/c1-4-34-25(33)22-16(2)28-26-31(23(22)17-5-7-18(27)8-6-17)24(32)20(36-26)15-19-9-10-21(35-19)30-13-11-29(3)12-14-30/h5-10,15,23H,4,11-14H2,1-3H3/p+1/b20-15-/t23-/m1/s1. The van der Waals surface area contributed by atoms with Crippen LogP contribution in [-0.4, -0.2) is 50.4 Å². The number of benzene rings is 1. The molecule has 0 unspecified atom stereocenters. The molecule has 188 valence electrons. The van der Waals surface area contributed by atoms with E-state index in [1.807, 2.05) is 12.1 Å². The van der Waals surface area contributed by atoms with Gasteiger partial charge in [-0.1, -0.05) is 23.5 Å². The molecule has 0 spiro atoms. The number of esters is 1. The molecule has 2 aliphatic heterocycles. The second-order valence-corrected chi connectivity index (χ2v) is 9.98. The minimum Gasteiger partial charge on any atom is -0.463 e. The number of anilines is 1. The first-order valence-corrected chi connectivity index (χ1v) is 12.8. The Morgan fingerprint density at radius 3 is 2.67 bits per heavy atom. The minimum atomic E-state index is -0.775. The molecule has 5 rings (SSSR count). The zero-order valence-corrected chi connectivity index (χ0v) is 21.2. The van der Waals surface area contributed by atoms with Crippen LogP contribution in [0.25, 0.3) is 6.08 Å². The number of hydrogen-bond donors (Lipinski definition) is 1. The van der Waals surface area contributed by atoms with E-state index in [9.17, 15) is 14.0 Å². The van der Waals surface area contributed by atoms with Crippen molar-refractivity contribution in [2.75, 3.05) is 44.7 Å². The van der Waals surface area contributed by atoms with Gasteiger partial charge in [-0.05, 0) is 37.6 Å². The number of allylic oxidation sites excluding steroid dienone is 1. The highest BCUT2D eigenvalue weighted by atomic mass is 32.1. The van der Waals surface area contributed by atoms with E-state index in [0.29, 0.717) is 26.4 Å². The molecule has 0 aliphatic carbocycles. The third-order valence-corrected chi connectivity index (χ3v) is 7.50. The highest BCUT2D eigenvalue weighted by molar-refractivity contribution is 7.07. The molecule has 1 N–H and O–H groups in total. The molecule has 1 saturated heterocycles. The van der Waals surface area contributed by atoms with Gasteiger partial charge in [0.05, 0.1) is 61.7 Å². The number of fused-ring (bicyclic) bond motifs is 1. The van der Waals surface area contributed by atoms with Crippen LogP contribution < -0.4 is 24.7 Å². The molecule has 36 heavy (non-hydrogen) atoms. The summed E-state index contributed by atoms with van der Waals surface area (Å²) in [5.41, 5.74) is 1.02. The number of halogens is 1. The number of rotatable bonds is 5. The molecule has 10 heteroatoms. The van der Waals surface area contributed by atoms with Gasteiger partial charge < -0.3 is 19.0 Å². The van der Waals surface area contributed by atoms with Gasteiger partial charge in [-0.25, -0.2) is 14.2 Å². The van der Waals surface area contributed by atoms with Crippen LogP contribution in [0.15, 0.2) is 61.9 Å². The van der Waals surface area contributed by atoms with E-state index >= 15 is 0 Å². The predicted molar refractivity (Wildman–Crippen MR) is 134 cm³/mol. The van der Waals surface area contributed by atoms with Crippen LogP contribution in [0.4, 0.5) is 10.3 Å². The van der Waals surface area contributed by atoms with Gasteiger partial charge in [0.25, 0.3) is 5.56 Å². The van der Waals surface area contributed by atoms with Crippen LogP contribution in [0.1, 0.15) is 31.2 Å². The zero-order valence-electron chi connectivity index (χ0n) is 20.4. The van der Waals surface area contributed by atoms with Crippen molar-refractivity contribution in [3.05, 3.63) is 84.5 Å². The molecule has 8 nitrogen and oxygen atoms in total. The molecular weight excluding hydrogens is 483 g/mol. The summed E-state index contributed by atoms with van der Waals surface area (Å²) in [6.07, 6.45) is 1.71. The van der Waals surface area contributed by atoms with Crippen molar-refractivity contribution in [2.24, 2.45) is 4.99 Å². The lowest BCUT2D eigenvalue weighted by Gasteiger charge is -2.29. The number of hydrogen-bond acceptors (Lipinski definition) is 7. The van der Waals surface area contributed by atoms with Crippen LogP contribution in [0.2, 0.25) is 0 Å². The van der Waals surface area contributed by atoms with Crippen LogP contribution >= 0.6 is 11.3 Å². The molecular formula is C26H28FN4O4S+. The quantitative estimate of drug-likeness (QED) is 0.514. The van der Waals surface area contributed by atoms with E-state index in [-0.39, 0.29) is 17.7 Å². The van der Waals surface area contributed by atoms with E-state index in [0.717, 1.165) is 32.1 Å². The van der Waals surface area contributed by atoms with Crippen LogP contribution in [0.3, 0.4) is 0 Å². The first-order valence-electron chi connectivity index (χ1n) is 12.0. The first-order chi connectivity index (χ1) is 17.4. The van der Waals surface area contributed by atoms with Gasteiger partial charge >= 0.3 is 5.97 Å². The molecule has 1 aromatic carbocycles. The Labute approximate surface area is 211 Å². The number of nitrogens with zero attached hydrogens (tertiary/aromatic N) is 3. The van der Waals surface area contributed by atoms with E-state index in [2.05, 4.69) is 16.9 Å². The fraction of sp³-hybridized carbons (Fsp3) is 0.346. The number of likely N-dealkylation sites (N-methyl/N-ethyl adjacent to an activating group) is 1. The molecule has 0 saturated carbocycles. The smallest absolute Gasteiger partial charge is 0.338 e. The molecule has 0 bridgehead atoms. The van der Waals surface area contributed by atoms with Gasteiger partial charge in [-0.15, -0.1) is 0 Å². The third kappa shape index (κ3) is 4.54. The van der Waals surface area contributed by atoms with Gasteiger partial charge in [0.2, 0.25) is 0 Å². The van der Waals surface area contributed by atoms with E-state index < -0.39 is 17.8 Å². The molecule has 1 atom stereocenters. The number of furan rings is 1. The number of piperazine rings is 1. The average molecular weight is 512 g/mol. The summed E-state index contributed by atoms with van der Waals surface area (Å²) in [5.74, 6) is 0.402. The van der Waals surface area contributed by atoms with Crippen LogP contribution in [-0.2, 0) is 9.53 Å². The average Bonchev–Trinajstić information content (AvgIpc) is 3.44. The van der Waals surface area contributed by atoms with Crippen molar-refractivity contribution in [3.8, 4) is 0 Å². The minimum absolute atomic E-state index is 0.186. The van der Waals surface area contributed by atoms with Gasteiger partial charge in [-0.2, -0.15) is 0 Å². The summed E-state index contributed by atoms with van der Waals surface area (Å²) in [6.45, 7) is 7.53. The van der Waals surface area contributed by atoms with Crippen molar-refractivity contribution < 1.29 is 23.2 Å². The van der Waals surface area contributed by atoms with Crippen molar-refractivity contribution in [1.29, 1.82) is 0 Å². The third-order valence-electron chi connectivity index (χ3n) is 6.52. The Hall–Kier alpha value is -3.50. The lowest BCUT2D eigenvalue weighted by atomic mass is 9.96. The van der Waals surface area contributed by atoms with E-state index in [1.165, 1.54) is 32.9 Å². The predicted octanol–water partition coefficient (Wildman–Crippen LogP) is 0.865. The number of carbonyl (C=O) groups excluding carboxylic acids is 1. The lowest BCUT2D eigenvalue weighted by Crippen LogP contribution is -3.12. The molecule has 3 aromatic rings. The molecule has 2 aliphatic rings. The van der Waals surface area contributed by atoms with Gasteiger partial charge in [-0.3, -0.25) is 9.36 Å². The van der Waals surface area contributed by atoms with Crippen LogP contribution in [0, 0.1) is 5.82 Å². The number of aromatic nitrogens is 1. The molecule has 1 fully saturated rings. The highest BCUT2D eigenvalue weighted by Gasteiger charge is 2.33. The Balaban J connectivity index is 1.58. The van der Waals surface area contributed by atoms with E-state index in [1.54, 1.807) is 32.1 Å². The summed E-state index contributed by atoms with van der Waals surface area (Å²) in [6, 6.07) is 8.78. The topological polar surface area (TPSA) is 81.5 Å². The highest BCUT2D eigenvalue weighted by Crippen LogP contribution is 2.30. The number of ether oxygens (including phenoxy) is 1. The Morgan fingerprint density at radius 1 is 1.25 bits per heavy atom. The Kier molecular flexibility index (Phi) is 6.63. The maximum absolute atomic E-state index is 13.7. The Morgan fingerprint density at radius 2 is 1.97 bits per heavy atom. The molecule has 4 heterocycles. The summed E-state index contributed by atoms with van der Waals surface area (Å²) in [7, 11) is 2.18. The summed E-state index contributed by atoms with van der Waals surface area (Å²) in [5, 5.41) is 0. The Bertz CT molecular complexity index is 1490. The zero-order chi connectivity index (χ0) is 25.4.